The smallest absolute Gasteiger partial charge is 0.284 e. The van der Waals surface area contributed by atoms with E-state index in [1.807, 2.05) is 23.6 Å². The molecule has 0 saturated carbocycles. The van der Waals surface area contributed by atoms with Gasteiger partial charge in [-0.1, -0.05) is 18.2 Å². The molecule has 0 unspecified atom stereocenters. The summed E-state index contributed by atoms with van der Waals surface area (Å²) in [6.07, 6.45) is 1.52. The zero-order chi connectivity index (χ0) is 23.6. The van der Waals surface area contributed by atoms with Crippen molar-refractivity contribution >= 4 is 38.7 Å². The molecule has 10 heteroatoms. The normalized spacial score (nSPS) is 15.8. The minimum atomic E-state index is -3.43. The first kappa shape index (κ1) is 22.8. The van der Waals surface area contributed by atoms with Crippen molar-refractivity contribution < 1.29 is 22.7 Å². The molecular weight excluding hydrogens is 462 g/mol. The molecule has 1 aliphatic heterocycles. The van der Waals surface area contributed by atoms with Gasteiger partial charge in [-0.15, -0.1) is 11.3 Å². The van der Waals surface area contributed by atoms with Crippen LogP contribution in [0.1, 0.15) is 33.3 Å². The Kier molecular flexibility index (Phi) is 6.39. The molecule has 1 aromatic heterocycles. The van der Waals surface area contributed by atoms with Crippen LogP contribution in [0.4, 0.5) is 5.69 Å². The van der Waals surface area contributed by atoms with Crippen LogP contribution >= 0.6 is 11.3 Å². The Morgan fingerprint density at radius 3 is 2.61 bits per heavy atom. The van der Waals surface area contributed by atoms with Crippen LogP contribution in [-0.2, 0) is 10.0 Å². The number of benzene rings is 2. The van der Waals surface area contributed by atoms with Gasteiger partial charge in [0.1, 0.15) is 11.5 Å². The number of amides is 1. The van der Waals surface area contributed by atoms with Gasteiger partial charge < -0.3 is 9.47 Å². The average molecular weight is 486 g/mol. The van der Waals surface area contributed by atoms with Gasteiger partial charge in [0.15, 0.2) is 0 Å². The molecule has 1 amide bonds. The second-order valence-electron chi connectivity index (χ2n) is 7.46. The molecule has 1 aliphatic rings. The first-order valence-electron chi connectivity index (χ1n) is 10.0. The molecule has 2 heterocycles. The van der Waals surface area contributed by atoms with Crippen LogP contribution in [-0.4, -0.2) is 45.5 Å². The van der Waals surface area contributed by atoms with Crippen molar-refractivity contribution in [3.8, 4) is 11.5 Å². The number of thiophene rings is 1. The molecule has 0 bridgehead atoms. The minimum absolute atomic E-state index is 0.222. The third-order valence-electron chi connectivity index (χ3n) is 5.15. The van der Waals surface area contributed by atoms with Gasteiger partial charge in [0, 0.05) is 17.7 Å². The van der Waals surface area contributed by atoms with Crippen LogP contribution in [0.15, 0.2) is 65.1 Å². The Balaban J connectivity index is 1.77. The number of nitrogens with zero attached hydrogens (tertiary/aromatic N) is 2. The van der Waals surface area contributed by atoms with Crippen molar-refractivity contribution in [3.63, 3.8) is 0 Å². The van der Waals surface area contributed by atoms with Crippen molar-refractivity contribution in [3.05, 3.63) is 76.0 Å². The molecule has 0 spiro atoms. The number of carbonyl (C=O) groups is 1. The van der Waals surface area contributed by atoms with Crippen LogP contribution in [0.5, 0.6) is 11.5 Å². The maximum Gasteiger partial charge on any atom is 0.284 e. The number of carbonyl (C=O) groups excluding carboxylic acids is 1. The van der Waals surface area contributed by atoms with E-state index in [-0.39, 0.29) is 5.91 Å². The summed E-state index contributed by atoms with van der Waals surface area (Å²) >= 11 is 1.35. The van der Waals surface area contributed by atoms with Gasteiger partial charge in [-0.25, -0.2) is 13.4 Å². The molecule has 0 radical (unpaired) electrons. The quantitative estimate of drug-likeness (QED) is 0.543. The van der Waals surface area contributed by atoms with E-state index in [1.165, 1.54) is 16.3 Å². The lowest BCUT2D eigenvalue weighted by molar-refractivity contribution is 0.0714. The molecule has 1 N–H and O–H groups in total. The summed E-state index contributed by atoms with van der Waals surface area (Å²) in [7, 11) is -0.268. The predicted molar refractivity (Wildman–Crippen MR) is 129 cm³/mol. The molecule has 0 fully saturated rings. The Morgan fingerprint density at radius 1 is 1.12 bits per heavy atom. The van der Waals surface area contributed by atoms with Crippen molar-refractivity contribution in [2.45, 2.75) is 12.5 Å². The van der Waals surface area contributed by atoms with Crippen LogP contribution < -0.4 is 14.2 Å². The van der Waals surface area contributed by atoms with Gasteiger partial charge in [-0.2, -0.15) is 5.10 Å². The van der Waals surface area contributed by atoms with Crippen LogP contribution in [0.25, 0.3) is 0 Å². The van der Waals surface area contributed by atoms with E-state index < -0.39 is 16.1 Å². The summed E-state index contributed by atoms with van der Waals surface area (Å²) in [5.41, 5.74) is 2.58. The van der Waals surface area contributed by atoms with E-state index in [0.717, 1.165) is 17.4 Å². The van der Waals surface area contributed by atoms with E-state index in [4.69, 9.17) is 9.47 Å². The summed E-state index contributed by atoms with van der Waals surface area (Å²) in [5, 5.41) is 7.98. The van der Waals surface area contributed by atoms with Gasteiger partial charge in [0.2, 0.25) is 10.0 Å². The summed E-state index contributed by atoms with van der Waals surface area (Å²) in [6, 6.07) is 15.6. The number of hydrazone groups is 1. The third kappa shape index (κ3) is 5.01. The number of hydrogen-bond acceptors (Lipinski definition) is 7. The second-order valence-corrected chi connectivity index (χ2v) is 10.2. The number of nitrogens with one attached hydrogen (secondary N) is 1. The summed E-state index contributed by atoms with van der Waals surface area (Å²) in [4.78, 5) is 13.9. The monoisotopic (exact) mass is 485 g/mol. The lowest BCUT2D eigenvalue weighted by Gasteiger charge is -2.23. The standard InChI is InChI=1S/C23H23N3O5S2/c1-30-17-9-10-21(31-2)18(13-17)20-14-19(24-26(20)23(27)22-8-5-11-32-22)15-6-4-7-16(12-15)25-33(3,28)29/h4-13,20,25H,14H2,1-3H3/t20-/m1/s1. The van der Waals surface area contributed by atoms with Crippen molar-refractivity contribution in [2.75, 3.05) is 25.2 Å². The predicted octanol–water partition coefficient (Wildman–Crippen LogP) is 4.13. The molecule has 0 aliphatic carbocycles. The maximum absolute atomic E-state index is 13.3. The lowest BCUT2D eigenvalue weighted by atomic mass is 9.97. The molecule has 2 aromatic carbocycles. The number of methoxy groups -OCH3 is 2. The van der Waals surface area contributed by atoms with E-state index in [1.54, 1.807) is 50.6 Å². The zero-order valence-corrected chi connectivity index (χ0v) is 19.9. The highest BCUT2D eigenvalue weighted by molar-refractivity contribution is 7.92. The Hall–Kier alpha value is -3.37. The molecule has 4 rings (SSSR count). The molecule has 33 heavy (non-hydrogen) atoms. The first-order valence-corrected chi connectivity index (χ1v) is 12.8. The highest BCUT2D eigenvalue weighted by Gasteiger charge is 2.36. The van der Waals surface area contributed by atoms with Crippen LogP contribution in [0.3, 0.4) is 0 Å². The van der Waals surface area contributed by atoms with E-state index >= 15 is 0 Å². The number of hydrogen-bond donors (Lipinski definition) is 1. The molecule has 8 nitrogen and oxygen atoms in total. The third-order valence-corrected chi connectivity index (χ3v) is 6.61. The molecule has 0 saturated heterocycles. The van der Waals surface area contributed by atoms with Gasteiger partial charge in [-0.05, 0) is 47.3 Å². The van der Waals surface area contributed by atoms with Crippen molar-refractivity contribution in [1.29, 1.82) is 0 Å². The fourth-order valence-corrected chi connectivity index (χ4v) is 4.91. The SMILES string of the molecule is COc1ccc(OC)c([C@H]2CC(c3cccc(NS(C)(=O)=O)c3)=NN2C(=O)c2cccs2)c1. The van der Waals surface area contributed by atoms with Crippen LogP contribution in [0.2, 0.25) is 0 Å². The number of sulfonamides is 1. The zero-order valence-electron chi connectivity index (χ0n) is 18.3. The minimum Gasteiger partial charge on any atom is -0.497 e. The molecule has 1 atom stereocenters. The number of anilines is 1. The number of rotatable bonds is 7. The summed E-state index contributed by atoms with van der Waals surface area (Å²) < 4.78 is 36.8. The fraction of sp³-hybridized carbons (Fsp3) is 0.217. The highest BCUT2D eigenvalue weighted by atomic mass is 32.2. The highest BCUT2D eigenvalue weighted by Crippen LogP contribution is 2.40. The second kappa shape index (κ2) is 9.24. The Morgan fingerprint density at radius 2 is 1.94 bits per heavy atom. The summed E-state index contributed by atoms with van der Waals surface area (Å²) in [6.45, 7) is 0. The van der Waals surface area contributed by atoms with Gasteiger partial charge in [0.25, 0.3) is 5.91 Å². The lowest BCUT2D eigenvalue weighted by Crippen LogP contribution is -2.26. The largest absolute Gasteiger partial charge is 0.497 e. The van der Waals surface area contributed by atoms with Gasteiger partial charge in [-0.3, -0.25) is 9.52 Å². The maximum atomic E-state index is 13.3. The van der Waals surface area contributed by atoms with Crippen LogP contribution in [0, 0.1) is 0 Å². The first-order chi connectivity index (χ1) is 15.8. The summed E-state index contributed by atoms with van der Waals surface area (Å²) in [5.74, 6) is 1.04. The van der Waals surface area contributed by atoms with E-state index in [2.05, 4.69) is 9.82 Å². The van der Waals surface area contributed by atoms with E-state index in [9.17, 15) is 13.2 Å². The Bertz CT molecular complexity index is 1300. The Labute approximate surface area is 196 Å². The van der Waals surface area contributed by atoms with Crippen molar-refractivity contribution in [1.82, 2.24) is 5.01 Å². The molecule has 172 valence electrons. The molecular formula is C23H23N3O5S2. The van der Waals surface area contributed by atoms with E-state index in [0.29, 0.717) is 34.2 Å². The van der Waals surface area contributed by atoms with Gasteiger partial charge >= 0.3 is 0 Å². The van der Waals surface area contributed by atoms with Gasteiger partial charge in [0.05, 0.1) is 37.1 Å². The van der Waals surface area contributed by atoms with Crippen molar-refractivity contribution in [2.24, 2.45) is 5.10 Å². The average Bonchev–Trinajstić information content (AvgIpc) is 3.48. The number of ether oxygens (including phenoxy) is 2. The topological polar surface area (TPSA) is 97.3 Å². The fourth-order valence-electron chi connectivity index (χ4n) is 3.70. The molecule has 3 aromatic rings.